The molecule has 0 bridgehead atoms. The van der Waals surface area contributed by atoms with Crippen LogP contribution in [-0.4, -0.2) is 54.6 Å². The Balaban J connectivity index is 1.08. The molecule has 2 fully saturated rings. The number of hydrogen-bond acceptors (Lipinski definition) is 7. The van der Waals surface area contributed by atoms with E-state index in [1.54, 1.807) is 12.4 Å². The largest absolute Gasteiger partial charge is 0.492 e. The molecule has 10 heteroatoms. The number of nitriles is 1. The molecule has 0 unspecified atom stereocenters. The molecule has 0 spiro atoms. The summed E-state index contributed by atoms with van der Waals surface area (Å²) in [4.78, 5) is 18.4. The van der Waals surface area contributed by atoms with E-state index in [-0.39, 0.29) is 6.10 Å². The Morgan fingerprint density at radius 2 is 1.79 bits per heavy atom. The van der Waals surface area contributed by atoms with Gasteiger partial charge >= 0.3 is 0 Å². The number of piperidine rings is 1. The van der Waals surface area contributed by atoms with Gasteiger partial charge in [-0.25, -0.2) is 4.39 Å². The minimum absolute atomic E-state index is 0.214. The summed E-state index contributed by atoms with van der Waals surface area (Å²) in [5, 5.41) is 14.2. The predicted octanol–water partition coefficient (Wildman–Crippen LogP) is 9.32. The van der Waals surface area contributed by atoms with Crippen LogP contribution in [0.3, 0.4) is 0 Å². The number of halogens is 3. The fourth-order valence-corrected chi connectivity index (χ4v) is 8.31. The average Bonchev–Trinajstić information content (AvgIpc) is 3.77. The summed E-state index contributed by atoms with van der Waals surface area (Å²) in [6.45, 7) is 4.33. The zero-order valence-electron chi connectivity index (χ0n) is 29.2. The maximum Gasteiger partial charge on any atom is 0.139 e. The smallest absolute Gasteiger partial charge is 0.139 e. The van der Waals surface area contributed by atoms with Crippen LogP contribution in [0.2, 0.25) is 10.0 Å². The lowest BCUT2D eigenvalue weighted by Gasteiger charge is -2.28. The Labute approximate surface area is 315 Å². The van der Waals surface area contributed by atoms with Gasteiger partial charge in [0.2, 0.25) is 0 Å². The van der Waals surface area contributed by atoms with Gasteiger partial charge in [-0.05, 0) is 103 Å². The third-order valence-electron chi connectivity index (χ3n) is 10.6. The van der Waals surface area contributed by atoms with E-state index >= 15 is 0 Å². The second-order valence-electron chi connectivity index (χ2n) is 14.1. The Bertz CT molecular complexity index is 1960. The normalized spacial score (nSPS) is 19.1. The van der Waals surface area contributed by atoms with E-state index < -0.39 is 6.17 Å². The van der Waals surface area contributed by atoms with Gasteiger partial charge in [0, 0.05) is 62.5 Å². The summed E-state index contributed by atoms with van der Waals surface area (Å²) in [6, 6.07) is 20.1. The monoisotopic (exact) mass is 740 g/mol. The lowest BCUT2D eigenvalue weighted by molar-refractivity contribution is -0.117. The number of likely N-dealkylation sites (tertiary alicyclic amines) is 1. The molecule has 270 valence electrons. The molecule has 0 amide bonds. The van der Waals surface area contributed by atoms with Gasteiger partial charge in [0.1, 0.15) is 35.6 Å². The molecule has 1 N–H and O–H groups in total. The standard InChI is InChI=1S/C42H43Cl2FN4O3/c43-38-20-30(26-47-23-27-8-9-32(50)19-27)37(29-18-28(22-46)24-48-25-29)21-41(38)52-39-11-10-34-33(4-1-5-35(34)39)36-6-2-7-40(42(36)44)51-17-3-14-49-15-12-31(45)13-16-49/h1-2,4-7,18,20-21,24-25,27,31,39,47H,3,8-17,19,23,26H2/t27-,39-/m0/s1. The number of ether oxygens (including phenoxy) is 2. The number of carbonyl (C=O) groups is 1. The zero-order chi connectivity index (χ0) is 36.0. The van der Waals surface area contributed by atoms with E-state index in [2.05, 4.69) is 33.4 Å². The number of pyridine rings is 1. The minimum Gasteiger partial charge on any atom is -0.492 e. The molecule has 2 aliphatic carbocycles. The van der Waals surface area contributed by atoms with Crippen molar-refractivity contribution in [3.8, 4) is 39.8 Å². The number of fused-ring (bicyclic) bond motifs is 1. The van der Waals surface area contributed by atoms with Gasteiger partial charge in [-0.1, -0.05) is 53.5 Å². The first kappa shape index (κ1) is 36.4. The number of nitrogens with zero attached hydrogens (tertiary/aromatic N) is 3. The van der Waals surface area contributed by atoms with Crippen LogP contribution in [0.15, 0.2) is 67.0 Å². The molecule has 3 aliphatic rings. The third-order valence-corrected chi connectivity index (χ3v) is 11.2. The highest BCUT2D eigenvalue weighted by Gasteiger charge is 2.29. The number of carbonyl (C=O) groups excluding carboxylic acids is 1. The van der Waals surface area contributed by atoms with Crippen molar-refractivity contribution in [1.29, 1.82) is 5.26 Å². The van der Waals surface area contributed by atoms with Crippen molar-refractivity contribution >= 4 is 29.0 Å². The molecule has 1 saturated carbocycles. The fraction of sp³-hybridized carbons (Fsp3) is 0.405. The van der Waals surface area contributed by atoms with Crippen molar-refractivity contribution in [3.05, 3.63) is 99.3 Å². The summed E-state index contributed by atoms with van der Waals surface area (Å²) in [6.07, 6.45) is 8.29. The Morgan fingerprint density at radius 3 is 2.60 bits per heavy atom. The van der Waals surface area contributed by atoms with Crippen molar-refractivity contribution in [2.24, 2.45) is 5.92 Å². The summed E-state index contributed by atoms with van der Waals surface area (Å²) < 4.78 is 26.4. The van der Waals surface area contributed by atoms with E-state index in [9.17, 15) is 14.4 Å². The number of benzene rings is 3. The molecule has 1 saturated heterocycles. The quantitative estimate of drug-likeness (QED) is 0.137. The Kier molecular flexibility index (Phi) is 11.7. The zero-order valence-corrected chi connectivity index (χ0v) is 30.7. The van der Waals surface area contributed by atoms with Gasteiger partial charge in [-0.15, -0.1) is 0 Å². The van der Waals surface area contributed by atoms with Crippen molar-refractivity contribution in [2.45, 2.75) is 70.2 Å². The summed E-state index contributed by atoms with van der Waals surface area (Å²) in [7, 11) is 0. The van der Waals surface area contributed by atoms with Gasteiger partial charge in [-0.3, -0.25) is 9.78 Å². The van der Waals surface area contributed by atoms with Crippen LogP contribution >= 0.6 is 23.2 Å². The van der Waals surface area contributed by atoms with E-state index in [1.807, 2.05) is 42.5 Å². The van der Waals surface area contributed by atoms with Crippen molar-refractivity contribution in [2.75, 3.05) is 32.8 Å². The van der Waals surface area contributed by atoms with Crippen LogP contribution in [0, 0.1) is 17.2 Å². The summed E-state index contributed by atoms with van der Waals surface area (Å²) >= 11 is 13.9. The molecule has 2 heterocycles. The SMILES string of the molecule is N#Cc1cncc(-c2cc(O[C@H]3CCc4c(-c5cccc(OCCCN6CCC(F)CC6)c5Cl)cccc43)c(Cl)cc2CNC[C@H]2CCC(=O)C2)c1. The van der Waals surface area contributed by atoms with Gasteiger partial charge in [-0.2, -0.15) is 5.26 Å². The van der Waals surface area contributed by atoms with Crippen molar-refractivity contribution < 1.29 is 18.7 Å². The molecule has 1 aromatic heterocycles. The van der Waals surface area contributed by atoms with Crippen LogP contribution in [-0.2, 0) is 17.8 Å². The second kappa shape index (κ2) is 16.8. The summed E-state index contributed by atoms with van der Waals surface area (Å²) in [5.41, 5.74) is 7.40. The highest BCUT2D eigenvalue weighted by molar-refractivity contribution is 6.35. The molecule has 0 radical (unpaired) electrons. The molecule has 7 nitrogen and oxygen atoms in total. The average molecular weight is 742 g/mol. The molecule has 4 aromatic rings. The number of Topliss-reactive ketones (excluding diaryl/α,β-unsaturated/α-hetero) is 1. The van der Waals surface area contributed by atoms with Gasteiger partial charge in [0.25, 0.3) is 0 Å². The number of rotatable bonds is 13. The van der Waals surface area contributed by atoms with E-state index in [0.29, 0.717) is 77.6 Å². The highest BCUT2D eigenvalue weighted by atomic mass is 35.5. The van der Waals surface area contributed by atoms with Gasteiger partial charge < -0.3 is 19.7 Å². The maximum atomic E-state index is 13.5. The van der Waals surface area contributed by atoms with Crippen LogP contribution in [0.1, 0.15) is 73.3 Å². The van der Waals surface area contributed by atoms with E-state index in [1.165, 1.54) is 5.56 Å². The molecule has 1 aliphatic heterocycles. The van der Waals surface area contributed by atoms with E-state index in [0.717, 1.165) is 85.2 Å². The Morgan fingerprint density at radius 1 is 0.962 bits per heavy atom. The van der Waals surface area contributed by atoms with Gasteiger partial charge in [0.05, 0.1) is 22.2 Å². The molecule has 7 rings (SSSR count). The van der Waals surface area contributed by atoms with Crippen LogP contribution in [0.25, 0.3) is 22.3 Å². The first-order valence-electron chi connectivity index (χ1n) is 18.3. The number of alkyl halides is 1. The number of aromatic nitrogens is 1. The third kappa shape index (κ3) is 8.45. The second-order valence-corrected chi connectivity index (χ2v) is 14.9. The topological polar surface area (TPSA) is 87.5 Å². The van der Waals surface area contributed by atoms with E-state index in [4.69, 9.17) is 32.7 Å². The Hall–Kier alpha value is -4.00. The van der Waals surface area contributed by atoms with Crippen LogP contribution in [0.5, 0.6) is 11.5 Å². The first-order valence-corrected chi connectivity index (χ1v) is 19.1. The number of ketones is 1. The van der Waals surface area contributed by atoms with Crippen molar-refractivity contribution in [1.82, 2.24) is 15.2 Å². The molecule has 2 atom stereocenters. The molecular weight excluding hydrogens is 698 g/mol. The van der Waals surface area contributed by atoms with Gasteiger partial charge in [0.15, 0.2) is 0 Å². The first-order chi connectivity index (χ1) is 25.4. The molecule has 3 aromatic carbocycles. The molecule has 52 heavy (non-hydrogen) atoms. The lowest BCUT2D eigenvalue weighted by Crippen LogP contribution is -2.35. The molecular formula is C42H43Cl2FN4O3. The minimum atomic E-state index is -0.667. The highest BCUT2D eigenvalue weighted by Crippen LogP contribution is 2.45. The van der Waals surface area contributed by atoms with Crippen molar-refractivity contribution in [3.63, 3.8) is 0 Å². The van der Waals surface area contributed by atoms with Crippen LogP contribution in [0.4, 0.5) is 4.39 Å². The maximum absolute atomic E-state index is 13.5. The predicted molar refractivity (Wildman–Crippen MR) is 203 cm³/mol. The number of hydrogen-bond donors (Lipinski definition) is 1. The fourth-order valence-electron chi connectivity index (χ4n) is 7.79. The summed E-state index contributed by atoms with van der Waals surface area (Å²) in [5.74, 6) is 1.90. The van der Waals surface area contributed by atoms with Crippen LogP contribution < -0.4 is 14.8 Å². The number of nitrogens with one attached hydrogen (secondary N) is 1. The lowest BCUT2D eigenvalue weighted by atomic mass is 9.96.